The molecule has 0 bridgehead atoms. The Bertz CT molecular complexity index is 1230. The third kappa shape index (κ3) is 6.08. The summed E-state index contributed by atoms with van der Waals surface area (Å²) in [6.07, 6.45) is 2.28. The molecule has 1 N–H and O–H groups in total. The highest BCUT2D eigenvalue weighted by atomic mass is 32.2. The van der Waals surface area contributed by atoms with Crippen molar-refractivity contribution in [2.24, 2.45) is 0 Å². The van der Waals surface area contributed by atoms with Crippen LogP contribution in [0.2, 0.25) is 0 Å². The van der Waals surface area contributed by atoms with E-state index >= 15 is 0 Å². The van der Waals surface area contributed by atoms with Crippen LogP contribution in [0.15, 0.2) is 0 Å². The number of hydrogen-bond donors (Lipinski definition) is 1. The van der Waals surface area contributed by atoms with Crippen LogP contribution in [0.1, 0.15) is 86.8 Å². The molecule has 0 atom stereocenters. The summed E-state index contributed by atoms with van der Waals surface area (Å²) in [6, 6.07) is 0. The van der Waals surface area contributed by atoms with Gasteiger partial charge in [0, 0.05) is 25.2 Å². The summed E-state index contributed by atoms with van der Waals surface area (Å²) < 4.78 is 42.5. The molecular weight excluding hydrogens is 528 g/mol. The lowest BCUT2D eigenvalue weighted by Gasteiger charge is -2.32. The zero-order valence-corrected chi connectivity index (χ0v) is 24.3. The molecule has 12 nitrogen and oxygen atoms in total. The topological polar surface area (TPSA) is 146 Å². The number of rotatable bonds is 12. The lowest BCUT2D eigenvalue weighted by Crippen LogP contribution is -2.48. The number of nitrogens with zero attached hydrogens (tertiary/aromatic N) is 3. The van der Waals surface area contributed by atoms with Gasteiger partial charge in [0.25, 0.3) is 5.91 Å². The van der Waals surface area contributed by atoms with E-state index in [0.29, 0.717) is 44.2 Å². The summed E-state index contributed by atoms with van der Waals surface area (Å²) in [4.78, 5) is 39.6. The molecule has 0 spiro atoms. The number of nitrogens with one attached hydrogen (secondary N) is 1. The lowest BCUT2D eigenvalue weighted by molar-refractivity contribution is 0.0493. The first kappa shape index (κ1) is 29.3. The number of esters is 1. The van der Waals surface area contributed by atoms with Crippen LogP contribution < -0.4 is 5.32 Å². The van der Waals surface area contributed by atoms with Crippen LogP contribution in [-0.4, -0.2) is 95.6 Å². The van der Waals surface area contributed by atoms with Gasteiger partial charge in [0.2, 0.25) is 0 Å². The Kier molecular flexibility index (Phi) is 8.06. The SMILES string of the molecule is CCOC(=O)c1nn(CCOCCNC(=O)OC(C)(C)C)c2c1CCN(CC1(S(=O)(=O)C3(C)CC3)CC1)C2=O. The average molecular weight is 569 g/mol. The van der Waals surface area contributed by atoms with Gasteiger partial charge in [-0.3, -0.25) is 9.48 Å². The summed E-state index contributed by atoms with van der Waals surface area (Å²) in [5, 5.41) is 7.01. The Balaban J connectivity index is 1.42. The molecule has 39 heavy (non-hydrogen) atoms. The van der Waals surface area contributed by atoms with Crippen LogP contribution >= 0.6 is 0 Å². The molecule has 2 fully saturated rings. The van der Waals surface area contributed by atoms with Gasteiger partial charge in [0.15, 0.2) is 15.5 Å². The maximum atomic E-state index is 13.7. The highest BCUT2D eigenvalue weighted by Crippen LogP contribution is 2.56. The number of amides is 2. The zero-order chi connectivity index (χ0) is 28.6. The van der Waals surface area contributed by atoms with E-state index in [4.69, 9.17) is 14.2 Å². The summed E-state index contributed by atoms with van der Waals surface area (Å²) >= 11 is 0. The largest absolute Gasteiger partial charge is 0.461 e. The van der Waals surface area contributed by atoms with Gasteiger partial charge < -0.3 is 24.4 Å². The molecule has 218 valence electrons. The van der Waals surface area contributed by atoms with Gasteiger partial charge in [0.05, 0.1) is 35.9 Å². The third-order valence-electron chi connectivity index (χ3n) is 7.46. The zero-order valence-electron chi connectivity index (χ0n) is 23.5. The van der Waals surface area contributed by atoms with Crippen molar-refractivity contribution >= 4 is 27.8 Å². The van der Waals surface area contributed by atoms with Crippen molar-refractivity contribution in [1.29, 1.82) is 0 Å². The van der Waals surface area contributed by atoms with Gasteiger partial charge in [-0.2, -0.15) is 5.10 Å². The lowest BCUT2D eigenvalue weighted by atomic mass is 10.0. The van der Waals surface area contributed by atoms with Crippen molar-refractivity contribution < 1.29 is 37.0 Å². The highest BCUT2D eigenvalue weighted by molar-refractivity contribution is 7.94. The Morgan fingerprint density at radius 2 is 1.82 bits per heavy atom. The number of sulfone groups is 1. The predicted octanol–water partition coefficient (Wildman–Crippen LogP) is 2.10. The first-order valence-corrected chi connectivity index (χ1v) is 15.1. The van der Waals surface area contributed by atoms with E-state index in [1.807, 2.05) is 0 Å². The van der Waals surface area contributed by atoms with Gasteiger partial charge in [-0.05, 0) is 66.7 Å². The quantitative estimate of drug-likeness (QED) is 0.296. The molecule has 1 aliphatic heterocycles. The molecule has 2 aliphatic carbocycles. The number of fused-ring (bicyclic) bond motifs is 1. The van der Waals surface area contributed by atoms with Crippen LogP contribution in [0.3, 0.4) is 0 Å². The Hall–Kier alpha value is -2.67. The summed E-state index contributed by atoms with van der Waals surface area (Å²) in [5.41, 5.74) is 0.292. The molecule has 0 aromatic carbocycles. The van der Waals surface area contributed by atoms with Crippen LogP contribution in [0.5, 0.6) is 0 Å². The number of carbonyl (C=O) groups is 3. The smallest absolute Gasteiger partial charge is 0.407 e. The summed E-state index contributed by atoms with van der Waals surface area (Å²) in [7, 11) is -3.37. The molecule has 4 rings (SSSR count). The molecule has 2 saturated carbocycles. The molecule has 1 aromatic rings. The summed E-state index contributed by atoms with van der Waals surface area (Å²) in [6.45, 7) is 10.3. The van der Waals surface area contributed by atoms with E-state index in [1.165, 1.54) is 4.68 Å². The fourth-order valence-electron chi connectivity index (χ4n) is 4.91. The first-order chi connectivity index (χ1) is 18.2. The van der Waals surface area contributed by atoms with Crippen LogP contribution in [0, 0.1) is 0 Å². The second-order valence-corrected chi connectivity index (χ2v) is 14.6. The van der Waals surface area contributed by atoms with Gasteiger partial charge in [0.1, 0.15) is 11.3 Å². The molecule has 2 heterocycles. The number of ether oxygens (including phenoxy) is 3. The molecule has 2 amide bonds. The van der Waals surface area contributed by atoms with E-state index in [1.54, 1.807) is 39.5 Å². The minimum atomic E-state index is -3.37. The molecule has 0 saturated heterocycles. The van der Waals surface area contributed by atoms with E-state index in [-0.39, 0.29) is 56.7 Å². The first-order valence-electron chi connectivity index (χ1n) is 13.6. The summed E-state index contributed by atoms with van der Waals surface area (Å²) in [5.74, 6) is -0.938. The molecule has 1 aromatic heterocycles. The van der Waals surface area contributed by atoms with Crippen molar-refractivity contribution in [1.82, 2.24) is 20.0 Å². The minimum absolute atomic E-state index is 0.102. The van der Waals surface area contributed by atoms with Crippen molar-refractivity contribution in [3.63, 3.8) is 0 Å². The number of alkyl carbamates (subject to hydrolysis) is 1. The van der Waals surface area contributed by atoms with Crippen LogP contribution in [0.4, 0.5) is 4.79 Å². The van der Waals surface area contributed by atoms with Gasteiger partial charge in [-0.25, -0.2) is 18.0 Å². The Morgan fingerprint density at radius 3 is 2.41 bits per heavy atom. The number of carbonyl (C=O) groups excluding carboxylic acids is 3. The van der Waals surface area contributed by atoms with E-state index < -0.39 is 37.0 Å². The fraction of sp³-hybridized carbons (Fsp3) is 0.769. The standard InChI is InChI=1S/C26H40N4O8S/c1-6-37-22(32)19-18-7-13-29(17-26(10-11-26)39(34,35)25(5)8-9-25)21(31)20(18)30(28-19)14-16-36-15-12-27-23(33)38-24(2,3)4/h6-17H2,1-5H3,(H,27,33). The molecule has 0 unspecified atom stereocenters. The Morgan fingerprint density at radius 1 is 1.13 bits per heavy atom. The normalized spacial score (nSPS) is 19.3. The third-order valence-corrected chi connectivity index (χ3v) is 10.8. The molecule has 3 aliphatic rings. The van der Waals surface area contributed by atoms with E-state index in [2.05, 4.69) is 10.4 Å². The molecule has 0 radical (unpaired) electrons. The Labute approximate surface area is 229 Å². The van der Waals surface area contributed by atoms with Crippen LogP contribution in [0.25, 0.3) is 0 Å². The van der Waals surface area contributed by atoms with E-state index in [0.717, 1.165) is 0 Å². The monoisotopic (exact) mass is 568 g/mol. The highest BCUT2D eigenvalue weighted by Gasteiger charge is 2.65. The minimum Gasteiger partial charge on any atom is -0.461 e. The fourth-order valence-corrected chi connectivity index (χ4v) is 7.56. The van der Waals surface area contributed by atoms with Crippen molar-refractivity contribution in [3.8, 4) is 0 Å². The predicted molar refractivity (Wildman–Crippen MR) is 141 cm³/mol. The molecule has 13 heteroatoms. The van der Waals surface area contributed by atoms with Crippen molar-refractivity contribution in [2.45, 2.75) is 88.4 Å². The van der Waals surface area contributed by atoms with E-state index in [9.17, 15) is 22.8 Å². The van der Waals surface area contributed by atoms with Crippen molar-refractivity contribution in [2.75, 3.05) is 39.5 Å². The second kappa shape index (κ2) is 10.7. The number of aromatic nitrogens is 2. The van der Waals surface area contributed by atoms with Crippen molar-refractivity contribution in [3.05, 3.63) is 17.0 Å². The van der Waals surface area contributed by atoms with Crippen LogP contribution in [-0.2, 0) is 37.0 Å². The average Bonchev–Trinajstić information content (AvgIpc) is 3.75. The van der Waals surface area contributed by atoms with Gasteiger partial charge in [-0.1, -0.05) is 0 Å². The number of hydrogen-bond acceptors (Lipinski definition) is 9. The maximum Gasteiger partial charge on any atom is 0.407 e. The van der Waals surface area contributed by atoms with Gasteiger partial charge in [-0.15, -0.1) is 0 Å². The second-order valence-electron chi connectivity index (χ2n) is 11.8. The maximum absolute atomic E-state index is 13.7. The van der Waals surface area contributed by atoms with Gasteiger partial charge >= 0.3 is 12.1 Å². The molecular formula is C26H40N4O8S.